The summed E-state index contributed by atoms with van der Waals surface area (Å²) in [6, 6.07) is 24.0. The molecule has 3 rings (SSSR count). The highest BCUT2D eigenvalue weighted by atomic mass is 16.6. The van der Waals surface area contributed by atoms with Crippen LogP contribution in [0, 0.1) is 0 Å². The van der Waals surface area contributed by atoms with Crippen molar-refractivity contribution in [2.24, 2.45) is 0 Å². The van der Waals surface area contributed by atoms with Crippen molar-refractivity contribution in [1.82, 2.24) is 15.5 Å². The van der Waals surface area contributed by atoms with Crippen LogP contribution in [0.5, 0.6) is 0 Å². The average molecular weight is 642 g/mol. The lowest BCUT2D eigenvalue weighted by atomic mass is 9.99. The molecule has 0 bridgehead atoms. The number of carbonyl (C=O) groups excluding carboxylic acids is 4. The molecule has 250 valence electrons. The quantitative estimate of drug-likeness (QED) is 0.176. The van der Waals surface area contributed by atoms with Crippen LogP contribution in [0.15, 0.2) is 104 Å². The molecule has 0 aromatic heterocycles. The first kappa shape index (κ1) is 36.5. The predicted octanol–water partition coefficient (Wildman–Crippen LogP) is 5.95. The number of nitrogens with one attached hydrogen (secondary N) is 2. The van der Waals surface area contributed by atoms with Gasteiger partial charge in [-0.15, -0.1) is 6.58 Å². The van der Waals surface area contributed by atoms with Crippen LogP contribution in [-0.2, 0) is 36.7 Å². The Bertz CT molecular complexity index is 1480. The first-order chi connectivity index (χ1) is 22.2. The molecule has 0 saturated heterocycles. The van der Waals surface area contributed by atoms with E-state index >= 15 is 0 Å². The van der Waals surface area contributed by atoms with E-state index in [4.69, 9.17) is 9.47 Å². The molecule has 0 radical (unpaired) electrons. The molecule has 3 aromatic rings. The molecule has 0 heterocycles. The van der Waals surface area contributed by atoms with Gasteiger partial charge in [0.2, 0.25) is 11.8 Å². The lowest BCUT2D eigenvalue weighted by Crippen LogP contribution is -2.55. The molecule has 3 amide bonds. The summed E-state index contributed by atoms with van der Waals surface area (Å²) in [5.41, 5.74) is 0.543. The van der Waals surface area contributed by atoms with E-state index in [1.54, 1.807) is 71.9 Å². The molecule has 0 aliphatic carbocycles. The predicted molar refractivity (Wildman–Crippen MR) is 182 cm³/mol. The van der Waals surface area contributed by atoms with Crippen LogP contribution >= 0.6 is 0 Å². The third-order valence-electron chi connectivity index (χ3n) is 6.85. The van der Waals surface area contributed by atoms with E-state index in [0.717, 1.165) is 11.1 Å². The fraction of sp³-hybridized carbons (Fsp3) is 0.368. The van der Waals surface area contributed by atoms with Gasteiger partial charge in [-0.05, 0) is 58.2 Å². The van der Waals surface area contributed by atoms with Gasteiger partial charge in [0.15, 0.2) is 0 Å². The van der Waals surface area contributed by atoms with Crippen LogP contribution in [0.2, 0.25) is 0 Å². The normalized spacial score (nSPS) is 13.3. The van der Waals surface area contributed by atoms with Gasteiger partial charge in [-0.3, -0.25) is 9.59 Å². The van der Waals surface area contributed by atoms with Crippen molar-refractivity contribution < 1.29 is 28.7 Å². The molecule has 9 heteroatoms. The fourth-order valence-corrected chi connectivity index (χ4v) is 4.94. The zero-order chi connectivity index (χ0) is 34.6. The van der Waals surface area contributed by atoms with Crippen molar-refractivity contribution in [1.29, 1.82) is 0 Å². The molecule has 3 unspecified atom stereocenters. The summed E-state index contributed by atoms with van der Waals surface area (Å²) in [7, 11) is 0. The third-order valence-corrected chi connectivity index (χ3v) is 6.85. The van der Waals surface area contributed by atoms with E-state index in [0.29, 0.717) is 5.56 Å². The molecule has 9 nitrogen and oxygen atoms in total. The van der Waals surface area contributed by atoms with Crippen molar-refractivity contribution >= 4 is 23.9 Å². The molecule has 0 aliphatic heterocycles. The standard InChI is InChI=1S/C38H47N3O6/c1-8-24-41(34(43)30(25-27-18-12-9-13-19-27)40-36(45)47-38(5,6)7)32(29-22-16-11-17-23-29)33(42)39-31(35(44)46-37(2,3)4)26-28-20-14-10-15-21-28/h8-23,30-32H,1,24-26H2,2-7H3,(H,39,42)(H,40,45). The number of amides is 3. The number of ether oxygens (including phenoxy) is 2. The van der Waals surface area contributed by atoms with E-state index in [1.807, 2.05) is 60.7 Å². The van der Waals surface area contributed by atoms with Crippen molar-refractivity contribution in [2.75, 3.05) is 6.54 Å². The fourth-order valence-electron chi connectivity index (χ4n) is 4.94. The molecule has 0 aliphatic rings. The molecule has 3 aromatic carbocycles. The molecule has 0 spiro atoms. The van der Waals surface area contributed by atoms with Gasteiger partial charge >= 0.3 is 12.1 Å². The van der Waals surface area contributed by atoms with Crippen molar-refractivity contribution in [3.63, 3.8) is 0 Å². The zero-order valence-corrected chi connectivity index (χ0v) is 28.2. The minimum atomic E-state index is -1.18. The highest BCUT2D eigenvalue weighted by Gasteiger charge is 2.38. The average Bonchev–Trinajstić information content (AvgIpc) is 2.99. The van der Waals surface area contributed by atoms with Gasteiger partial charge in [0.25, 0.3) is 0 Å². The van der Waals surface area contributed by atoms with E-state index < -0.39 is 53.2 Å². The lowest BCUT2D eigenvalue weighted by Gasteiger charge is -2.35. The van der Waals surface area contributed by atoms with E-state index in [9.17, 15) is 19.2 Å². The monoisotopic (exact) mass is 641 g/mol. The smallest absolute Gasteiger partial charge is 0.408 e. The van der Waals surface area contributed by atoms with E-state index in [1.165, 1.54) is 11.0 Å². The number of rotatable bonds is 13. The summed E-state index contributed by atoms with van der Waals surface area (Å²) in [6.07, 6.45) is 1.07. The molecular formula is C38H47N3O6. The zero-order valence-electron chi connectivity index (χ0n) is 28.2. The van der Waals surface area contributed by atoms with Gasteiger partial charge in [0.05, 0.1) is 0 Å². The number of esters is 1. The van der Waals surface area contributed by atoms with Crippen LogP contribution in [0.3, 0.4) is 0 Å². The number of nitrogens with zero attached hydrogens (tertiary/aromatic N) is 1. The van der Waals surface area contributed by atoms with Crippen molar-refractivity contribution in [2.45, 2.75) is 83.7 Å². The van der Waals surface area contributed by atoms with E-state index in [-0.39, 0.29) is 19.4 Å². The van der Waals surface area contributed by atoms with Crippen LogP contribution in [0.25, 0.3) is 0 Å². The summed E-state index contributed by atoms with van der Waals surface area (Å²) >= 11 is 0. The third kappa shape index (κ3) is 12.1. The minimum Gasteiger partial charge on any atom is -0.458 e. The summed E-state index contributed by atoms with van der Waals surface area (Å²) in [4.78, 5) is 56.6. The summed E-state index contributed by atoms with van der Waals surface area (Å²) in [5.74, 6) is -1.72. The molecular weight excluding hydrogens is 594 g/mol. The Labute approximate surface area is 278 Å². The van der Waals surface area contributed by atoms with E-state index in [2.05, 4.69) is 17.2 Å². The number of alkyl carbamates (subject to hydrolysis) is 1. The Morgan fingerprint density at radius 1 is 0.702 bits per heavy atom. The van der Waals surface area contributed by atoms with Crippen LogP contribution in [0.4, 0.5) is 4.79 Å². The minimum absolute atomic E-state index is 0.0249. The number of hydrogen-bond acceptors (Lipinski definition) is 6. The second kappa shape index (κ2) is 16.6. The Morgan fingerprint density at radius 2 is 1.17 bits per heavy atom. The molecule has 0 saturated carbocycles. The first-order valence-electron chi connectivity index (χ1n) is 15.7. The summed E-state index contributed by atoms with van der Waals surface area (Å²) < 4.78 is 11.2. The SMILES string of the molecule is C=CCN(C(=O)C(Cc1ccccc1)NC(=O)OC(C)(C)C)C(C(=O)NC(Cc1ccccc1)C(=O)OC(C)(C)C)c1ccccc1. The Kier molecular flexibility index (Phi) is 12.9. The number of benzene rings is 3. The Balaban J connectivity index is 2.04. The van der Waals surface area contributed by atoms with Crippen molar-refractivity contribution in [3.8, 4) is 0 Å². The van der Waals surface area contributed by atoms with Gasteiger partial charge in [-0.2, -0.15) is 0 Å². The summed E-state index contributed by atoms with van der Waals surface area (Å²) in [6.45, 7) is 14.3. The molecule has 47 heavy (non-hydrogen) atoms. The molecule has 3 atom stereocenters. The molecule has 0 fully saturated rings. The highest BCUT2D eigenvalue weighted by molar-refractivity contribution is 5.94. The van der Waals surface area contributed by atoms with Gasteiger partial charge < -0.3 is 25.0 Å². The van der Waals surface area contributed by atoms with Gasteiger partial charge in [0, 0.05) is 19.4 Å². The number of carbonyl (C=O) groups is 4. The first-order valence-corrected chi connectivity index (χ1v) is 15.7. The Hall–Kier alpha value is -4.92. The maximum Gasteiger partial charge on any atom is 0.408 e. The largest absolute Gasteiger partial charge is 0.458 e. The van der Waals surface area contributed by atoms with Gasteiger partial charge in [-0.25, -0.2) is 9.59 Å². The van der Waals surface area contributed by atoms with Crippen LogP contribution < -0.4 is 10.6 Å². The lowest BCUT2D eigenvalue weighted by molar-refractivity contribution is -0.159. The van der Waals surface area contributed by atoms with Gasteiger partial charge in [0.1, 0.15) is 29.3 Å². The molecule has 2 N–H and O–H groups in total. The maximum atomic E-state index is 14.5. The highest BCUT2D eigenvalue weighted by Crippen LogP contribution is 2.24. The second-order valence-electron chi connectivity index (χ2n) is 13.3. The summed E-state index contributed by atoms with van der Waals surface area (Å²) in [5, 5.41) is 5.62. The Morgan fingerprint density at radius 3 is 1.64 bits per heavy atom. The second-order valence-corrected chi connectivity index (χ2v) is 13.3. The van der Waals surface area contributed by atoms with Crippen molar-refractivity contribution in [3.05, 3.63) is 120 Å². The maximum absolute atomic E-state index is 14.5. The van der Waals surface area contributed by atoms with Gasteiger partial charge in [-0.1, -0.05) is 97.1 Å². The number of hydrogen-bond donors (Lipinski definition) is 2. The van der Waals surface area contributed by atoms with Crippen LogP contribution in [0.1, 0.15) is 64.3 Å². The topological polar surface area (TPSA) is 114 Å². The van der Waals surface area contributed by atoms with Crippen LogP contribution in [-0.4, -0.2) is 58.6 Å².